The van der Waals surface area contributed by atoms with E-state index in [1.54, 1.807) is 12.2 Å². The van der Waals surface area contributed by atoms with Crippen LogP contribution in [0.25, 0.3) is 0 Å². The van der Waals surface area contributed by atoms with Gasteiger partial charge in [-0.15, -0.1) is 0 Å². The second kappa shape index (κ2) is 33.1. The van der Waals surface area contributed by atoms with Crippen molar-refractivity contribution in [2.75, 3.05) is 26.9 Å². The first-order chi connectivity index (χ1) is 31.2. The van der Waals surface area contributed by atoms with Crippen LogP contribution in [-0.2, 0) is 25.6 Å². The lowest BCUT2D eigenvalue weighted by atomic mass is 9.85. The molecule has 2 fully saturated rings. The minimum Gasteiger partial charge on any atom is -0.491 e. The summed E-state index contributed by atoms with van der Waals surface area (Å²) in [7, 11) is 1.28. The van der Waals surface area contributed by atoms with E-state index in [0.29, 0.717) is 107 Å². The maximum atomic E-state index is 11.8. The van der Waals surface area contributed by atoms with Crippen LogP contribution in [0.3, 0.4) is 0 Å². The Morgan fingerprint density at radius 1 is 0.773 bits per heavy atom. The summed E-state index contributed by atoms with van der Waals surface area (Å²) in [4.78, 5) is 38.0. The van der Waals surface area contributed by atoms with Gasteiger partial charge in [0.2, 0.25) is 12.0 Å². The van der Waals surface area contributed by atoms with Crippen molar-refractivity contribution in [3.05, 3.63) is 107 Å². The summed E-state index contributed by atoms with van der Waals surface area (Å²) < 4.78 is 10.8. The summed E-state index contributed by atoms with van der Waals surface area (Å²) in [6, 6.07) is 17.7. The molecule has 2 saturated carbocycles. The van der Waals surface area contributed by atoms with E-state index in [1.807, 2.05) is 73.7 Å². The topological polar surface area (TPSA) is 224 Å². The average Bonchev–Trinajstić information content (AvgIpc) is 3.70. The number of carbonyl (C=O) groups excluding carboxylic acids is 1. The standard InChI is InChI=1S/C28H44NO7.C23H32O6.CH4/c1-29(34)36-20-10-9-19-35-28(33)14-8-3-2-7-13-24-25(27(32)21-26(24)31)18-17-23(30)16-15-22-11-5-4-6-12-22;1-16-7-6-8-18(13-16)29-15-17(24)11-12-20-19(21(25)14-22(20)26)9-4-2-3-5-10-23(27)28;/h2,4-7,11-12,23-27,30-32H,3,8-10,13-21H2,1H3;2,4,6-8,11-13,17,19-22,24-26H,3,5,9-10,14-15H2,1H3,(H,27,28);1H4/q+1;;/b7-2-;4-2-,12-11+;/t23-,24+,25+,26-,27+;17-,19-,20-,21+,22-;/m01./s1. The van der Waals surface area contributed by atoms with E-state index in [-0.39, 0.29) is 50.1 Å². The third kappa shape index (κ3) is 23.8. The number of unbranched alkanes of at least 4 members (excludes halogenated alkanes) is 3. The quantitative estimate of drug-likeness (QED) is 0.0183. The number of hydrogen-bond donors (Lipinski definition) is 7. The molecule has 2 aromatic carbocycles. The average molecular weight is 927 g/mol. The first-order valence-electron chi connectivity index (χ1n) is 23.4. The summed E-state index contributed by atoms with van der Waals surface area (Å²) >= 11 is 0. The zero-order valence-electron chi connectivity index (χ0n) is 38.4. The van der Waals surface area contributed by atoms with Crippen molar-refractivity contribution in [3.63, 3.8) is 0 Å². The lowest BCUT2D eigenvalue weighted by Gasteiger charge is -2.23. The summed E-state index contributed by atoms with van der Waals surface area (Å²) in [5.74, 6) is -0.768. The minimum absolute atomic E-state index is 0. The molecule has 10 atom stereocenters. The van der Waals surface area contributed by atoms with Gasteiger partial charge in [0.1, 0.15) is 18.5 Å². The van der Waals surface area contributed by atoms with Crippen LogP contribution in [0.2, 0.25) is 0 Å². The summed E-state index contributed by atoms with van der Waals surface area (Å²) in [5.41, 5.74) is 2.29. The number of carbonyl (C=O) groups is 2. The smallest absolute Gasteiger partial charge is 0.305 e. The van der Waals surface area contributed by atoms with Crippen molar-refractivity contribution < 1.29 is 64.6 Å². The molecule has 0 spiro atoms. The number of nitrogens with zero attached hydrogens (tertiary/aromatic N) is 1. The molecule has 0 bridgehead atoms. The van der Waals surface area contributed by atoms with Gasteiger partial charge in [-0.1, -0.05) is 86.3 Å². The van der Waals surface area contributed by atoms with Crippen LogP contribution in [0, 0.1) is 35.5 Å². The van der Waals surface area contributed by atoms with Crippen molar-refractivity contribution >= 4 is 11.9 Å². The maximum absolute atomic E-state index is 11.8. The third-order valence-corrected chi connectivity index (χ3v) is 12.1. The molecular formula is C52H80NO13+. The number of aliphatic carboxylic acids is 1. The lowest BCUT2D eigenvalue weighted by Crippen LogP contribution is -2.23. The van der Waals surface area contributed by atoms with Gasteiger partial charge in [0.25, 0.3) is 0 Å². The highest BCUT2D eigenvalue weighted by molar-refractivity contribution is 5.69. The van der Waals surface area contributed by atoms with E-state index in [9.17, 15) is 45.1 Å². The van der Waals surface area contributed by atoms with Crippen LogP contribution in [0.1, 0.15) is 115 Å². The molecule has 66 heavy (non-hydrogen) atoms. The highest BCUT2D eigenvalue weighted by Gasteiger charge is 2.41. The zero-order chi connectivity index (χ0) is 47.4. The largest absolute Gasteiger partial charge is 0.491 e. The number of aliphatic hydroxyl groups is 6. The van der Waals surface area contributed by atoms with Gasteiger partial charge in [-0.05, 0) is 131 Å². The van der Waals surface area contributed by atoms with E-state index in [0.717, 1.165) is 18.4 Å². The molecule has 0 saturated heterocycles. The maximum Gasteiger partial charge on any atom is 0.305 e. The number of rotatable bonds is 29. The number of ether oxygens (including phenoxy) is 2. The van der Waals surface area contributed by atoms with Crippen molar-refractivity contribution in [3.8, 4) is 5.75 Å². The SMILES string of the molecule is C.C[N+](=O)OCCCCOC(=O)CCC/C=C\C[C@@H]1[C@@H](CC[C@@H](O)CCc2ccccc2)[C@H](O)C[C@@H]1O.Cc1cccc(OC[C@H](O)/C=C/[C@@H]2[C@@H](C/C=C\CCCC(=O)O)[C@@H](O)C[C@H]2O)c1. The van der Waals surface area contributed by atoms with Crippen molar-refractivity contribution in [2.45, 2.75) is 154 Å². The molecule has 0 unspecified atom stereocenters. The summed E-state index contributed by atoms with van der Waals surface area (Å²) in [6.07, 6.45) is 17.0. The van der Waals surface area contributed by atoms with E-state index in [2.05, 4.69) is 12.1 Å². The molecule has 0 radical (unpaired) electrons. The van der Waals surface area contributed by atoms with Gasteiger partial charge in [0.15, 0.2) is 6.61 Å². The summed E-state index contributed by atoms with van der Waals surface area (Å²) in [5, 5.41) is 70.7. The fourth-order valence-electron chi connectivity index (χ4n) is 8.45. The number of benzene rings is 2. The minimum atomic E-state index is -0.812. The van der Waals surface area contributed by atoms with E-state index < -0.39 is 42.6 Å². The molecular weight excluding hydrogens is 847 g/mol. The molecule has 370 valence electrons. The molecule has 0 aliphatic heterocycles. The predicted molar refractivity (Wildman–Crippen MR) is 254 cm³/mol. The molecule has 7 N–H and O–H groups in total. The molecule has 14 nitrogen and oxygen atoms in total. The first-order valence-corrected chi connectivity index (χ1v) is 23.4. The second-order valence-electron chi connectivity index (χ2n) is 17.4. The first kappa shape index (κ1) is 57.7. The number of carboxylic acid groups (broad SMARTS) is 1. The molecule has 4 rings (SSSR count). The Bertz CT molecular complexity index is 1740. The van der Waals surface area contributed by atoms with Crippen molar-refractivity contribution in [1.29, 1.82) is 0 Å². The number of carboxylic acids is 1. The molecule has 0 amide bonds. The summed E-state index contributed by atoms with van der Waals surface area (Å²) in [6.45, 7) is 2.71. The van der Waals surface area contributed by atoms with Crippen molar-refractivity contribution in [1.82, 2.24) is 0 Å². The number of allylic oxidation sites excluding steroid dienone is 4. The highest BCUT2D eigenvalue weighted by atomic mass is 16.8. The van der Waals surface area contributed by atoms with Crippen LogP contribution in [-0.4, -0.2) is 116 Å². The second-order valence-corrected chi connectivity index (χ2v) is 17.4. The Morgan fingerprint density at radius 3 is 2.09 bits per heavy atom. The van der Waals surface area contributed by atoms with Crippen LogP contribution in [0.4, 0.5) is 0 Å². The Balaban J connectivity index is 0.000000457. The highest BCUT2D eigenvalue weighted by Crippen LogP contribution is 2.39. The van der Waals surface area contributed by atoms with Gasteiger partial charge >= 0.3 is 11.9 Å². The predicted octanol–water partition coefficient (Wildman–Crippen LogP) is 7.38. The van der Waals surface area contributed by atoms with Crippen LogP contribution in [0.5, 0.6) is 5.75 Å². The fraction of sp³-hybridized carbons (Fsp3) is 0.615. The van der Waals surface area contributed by atoms with E-state index >= 15 is 0 Å². The van der Waals surface area contributed by atoms with Gasteiger partial charge < -0.3 is 45.2 Å². The molecule has 2 aromatic rings. The normalized spacial score (nSPS) is 23.6. The Hall–Kier alpha value is -4.44. The molecule has 2 aliphatic carbocycles. The van der Waals surface area contributed by atoms with E-state index in [4.69, 9.17) is 19.4 Å². The Labute approximate surface area is 392 Å². The Morgan fingerprint density at radius 2 is 1.41 bits per heavy atom. The van der Waals surface area contributed by atoms with Gasteiger partial charge in [-0.25, -0.2) is 4.84 Å². The number of esters is 1. The van der Waals surface area contributed by atoms with E-state index in [1.165, 1.54) is 12.6 Å². The van der Waals surface area contributed by atoms with Crippen LogP contribution in [0.15, 0.2) is 91.1 Å². The number of aryl methyl sites for hydroxylation is 2. The van der Waals surface area contributed by atoms with Crippen molar-refractivity contribution in [2.24, 2.45) is 23.7 Å². The molecule has 14 heteroatoms. The zero-order valence-corrected chi connectivity index (χ0v) is 38.4. The van der Waals surface area contributed by atoms with Gasteiger partial charge in [-0.3, -0.25) is 9.59 Å². The Kier molecular flexibility index (Phi) is 28.9. The number of aliphatic hydroxyl groups excluding tert-OH is 6. The van der Waals surface area contributed by atoms with Gasteiger partial charge in [-0.2, -0.15) is 0 Å². The third-order valence-electron chi connectivity index (χ3n) is 12.1. The molecule has 2 aliphatic rings. The molecule has 0 heterocycles. The van der Waals surface area contributed by atoms with Gasteiger partial charge in [0, 0.05) is 25.2 Å². The monoisotopic (exact) mass is 927 g/mol. The van der Waals surface area contributed by atoms with Gasteiger partial charge in [0.05, 0.1) is 42.0 Å². The fourth-order valence-corrected chi connectivity index (χ4v) is 8.45. The van der Waals surface area contributed by atoms with Crippen LogP contribution >= 0.6 is 0 Å². The van der Waals surface area contributed by atoms with Crippen LogP contribution < -0.4 is 4.74 Å². The number of hydrogen-bond acceptors (Lipinski definition) is 12. The lowest BCUT2D eigenvalue weighted by molar-refractivity contribution is -0.784. The molecule has 0 aromatic heterocycles.